The fourth-order valence-electron chi connectivity index (χ4n) is 3.98. The molecule has 0 amide bonds. The third-order valence-corrected chi connectivity index (χ3v) is 5.04. The van der Waals surface area contributed by atoms with E-state index in [4.69, 9.17) is 0 Å². The van der Waals surface area contributed by atoms with Crippen molar-refractivity contribution in [3.8, 4) is 0 Å². The van der Waals surface area contributed by atoms with Gasteiger partial charge in [-0.15, -0.1) is 0 Å². The van der Waals surface area contributed by atoms with Gasteiger partial charge in [-0.05, 0) is 24.8 Å². The van der Waals surface area contributed by atoms with Crippen molar-refractivity contribution in [2.75, 3.05) is 26.2 Å². The van der Waals surface area contributed by atoms with Crippen LogP contribution in [0, 0.1) is 11.7 Å². The van der Waals surface area contributed by atoms with Crippen LogP contribution in [-0.4, -0.2) is 31.1 Å². The number of hydrogen-bond acceptors (Lipinski definition) is 2. The number of benzene rings is 1. The molecule has 6 heteroatoms. The zero-order valence-corrected chi connectivity index (χ0v) is 13.0. The molecule has 2 aliphatic rings. The maximum absolute atomic E-state index is 14.7. The number of alkyl halides is 3. The van der Waals surface area contributed by atoms with Crippen molar-refractivity contribution < 1.29 is 17.6 Å². The molecule has 1 aliphatic carbocycles. The molecule has 1 atom stereocenters. The standard InChI is InChI=1S/C17H22F4N2/c18-15-13(6-3-7-14(15)17(19,20)21)16(12-4-1-2-5-12)23-10-8-22-9-11-23/h3,6-7,12,16,22H,1-2,4-5,8-11H2/t16-/m1/s1. The van der Waals surface area contributed by atoms with Crippen LogP contribution < -0.4 is 5.32 Å². The second kappa shape index (κ2) is 6.77. The van der Waals surface area contributed by atoms with Crippen LogP contribution >= 0.6 is 0 Å². The SMILES string of the molecule is Fc1c([C@@H](C2CCCC2)N2CCNCC2)cccc1C(F)(F)F. The van der Waals surface area contributed by atoms with Gasteiger partial charge < -0.3 is 5.32 Å². The number of piperazine rings is 1. The van der Waals surface area contributed by atoms with Gasteiger partial charge in [-0.1, -0.05) is 25.0 Å². The molecule has 0 spiro atoms. The summed E-state index contributed by atoms with van der Waals surface area (Å²) in [4.78, 5) is 2.16. The fourth-order valence-corrected chi connectivity index (χ4v) is 3.98. The Morgan fingerprint density at radius 2 is 1.74 bits per heavy atom. The maximum atomic E-state index is 14.7. The van der Waals surface area contributed by atoms with Crippen molar-refractivity contribution in [3.63, 3.8) is 0 Å². The number of halogens is 4. The van der Waals surface area contributed by atoms with Gasteiger partial charge in [0.1, 0.15) is 5.82 Å². The van der Waals surface area contributed by atoms with E-state index in [0.717, 1.165) is 57.9 Å². The quantitative estimate of drug-likeness (QED) is 0.844. The lowest BCUT2D eigenvalue weighted by atomic mass is 9.88. The third kappa shape index (κ3) is 3.53. The summed E-state index contributed by atoms with van der Waals surface area (Å²) in [5, 5.41) is 3.25. The highest BCUT2D eigenvalue weighted by molar-refractivity contribution is 5.31. The van der Waals surface area contributed by atoms with E-state index in [0.29, 0.717) is 0 Å². The molecular weight excluding hydrogens is 308 g/mol. The Labute approximate surface area is 133 Å². The van der Waals surface area contributed by atoms with Gasteiger partial charge >= 0.3 is 6.18 Å². The lowest BCUT2D eigenvalue weighted by molar-refractivity contribution is -0.140. The summed E-state index contributed by atoms with van der Waals surface area (Å²) in [6, 6.07) is 3.46. The van der Waals surface area contributed by atoms with Gasteiger partial charge in [0, 0.05) is 37.8 Å². The normalized spacial score (nSPS) is 22.4. The largest absolute Gasteiger partial charge is 0.419 e. The van der Waals surface area contributed by atoms with Crippen LogP contribution in [0.4, 0.5) is 17.6 Å². The Balaban J connectivity index is 1.99. The summed E-state index contributed by atoms with van der Waals surface area (Å²) in [5.41, 5.74) is -0.929. The molecular formula is C17H22F4N2. The molecule has 1 aliphatic heterocycles. The number of nitrogens with one attached hydrogen (secondary N) is 1. The first kappa shape index (κ1) is 16.7. The number of hydrogen-bond donors (Lipinski definition) is 1. The van der Waals surface area contributed by atoms with E-state index in [2.05, 4.69) is 10.2 Å². The van der Waals surface area contributed by atoms with Crippen LogP contribution in [-0.2, 0) is 6.18 Å². The van der Waals surface area contributed by atoms with Crippen molar-refractivity contribution in [1.82, 2.24) is 10.2 Å². The summed E-state index contributed by atoms with van der Waals surface area (Å²) in [7, 11) is 0. The van der Waals surface area contributed by atoms with Crippen LogP contribution in [0.15, 0.2) is 18.2 Å². The molecule has 23 heavy (non-hydrogen) atoms. The van der Waals surface area contributed by atoms with Gasteiger partial charge in [-0.2, -0.15) is 13.2 Å². The lowest BCUT2D eigenvalue weighted by Gasteiger charge is -2.39. The molecule has 0 aromatic heterocycles. The minimum Gasteiger partial charge on any atom is -0.314 e. The second-order valence-electron chi connectivity index (χ2n) is 6.48. The molecule has 1 heterocycles. The van der Waals surface area contributed by atoms with Gasteiger partial charge in [0.05, 0.1) is 5.56 Å². The van der Waals surface area contributed by atoms with E-state index in [-0.39, 0.29) is 17.5 Å². The van der Waals surface area contributed by atoms with Gasteiger partial charge in [-0.3, -0.25) is 4.90 Å². The molecule has 1 aromatic carbocycles. The summed E-state index contributed by atoms with van der Waals surface area (Å²) in [5.74, 6) is -0.846. The predicted octanol–water partition coefficient (Wildman–Crippen LogP) is 3.98. The van der Waals surface area contributed by atoms with Gasteiger partial charge in [0.25, 0.3) is 0 Å². The molecule has 2 nitrogen and oxygen atoms in total. The first-order chi connectivity index (χ1) is 11.0. The topological polar surface area (TPSA) is 15.3 Å². The minimum atomic E-state index is -4.65. The molecule has 1 aromatic rings. The molecule has 3 rings (SSSR count). The van der Waals surface area contributed by atoms with E-state index < -0.39 is 17.6 Å². The van der Waals surface area contributed by atoms with Gasteiger partial charge in [-0.25, -0.2) is 4.39 Å². The van der Waals surface area contributed by atoms with Crippen LogP contribution in [0.1, 0.15) is 42.9 Å². The first-order valence-corrected chi connectivity index (χ1v) is 8.29. The average molecular weight is 330 g/mol. The Morgan fingerprint density at radius 1 is 1.09 bits per heavy atom. The predicted molar refractivity (Wildman–Crippen MR) is 80.5 cm³/mol. The van der Waals surface area contributed by atoms with Crippen molar-refractivity contribution in [3.05, 3.63) is 35.1 Å². The van der Waals surface area contributed by atoms with E-state index in [1.165, 1.54) is 12.1 Å². The Hall–Kier alpha value is -1.14. The van der Waals surface area contributed by atoms with E-state index >= 15 is 0 Å². The van der Waals surface area contributed by atoms with Crippen LogP contribution in [0.2, 0.25) is 0 Å². The van der Waals surface area contributed by atoms with Crippen LogP contribution in [0.25, 0.3) is 0 Å². The van der Waals surface area contributed by atoms with Gasteiger partial charge in [0.2, 0.25) is 0 Å². The Bertz CT molecular complexity index is 532. The molecule has 1 saturated heterocycles. The van der Waals surface area contributed by atoms with Gasteiger partial charge in [0.15, 0.2) is 0 Å². The number of nitrogens with zero attached hydrogens (tertiary/aromatic N) is 1. The van der Waals surface area contributed by atoms with E-state index in [1.807, 2.05) is 0 Å². The average Bonchev–Trinajstić information content (AvgIpc) is 3.03. The molecule has 128 valence electrons. The number of rotatable bonds is 3. The zero-order valence-electron chi connectivity index (χ0n) is 13.0. The molecule has 1 saturated carbocycles. The highest BCUT2D eigenvalue weighted by atomic mass is 19.4. The highest BCUT2D eigenvalue weighted by Gasteiger charge is 2.39. The maximum Gasteiger partial charge on any atom is 0.419 e. The highest BCUT2D eigenvalue weighted by Crippen LogP contribution is 2.42. The third-order valence-electron chi connectivity index (χ3n) is 5.04. The van der Waals surface area contributed by atoms with Crippen LogP contribution in [0.5, 0.6) is 0 Å². The monoisotopic (exact) mass is 330 g/mol. The van der Waals surface area contributed by atoms with Crippen molar-refractivity contribution in [2.45, 2.75) is 37.9 Å². The Kier molecular flexibility index (Phi) is 4.92. The Morgan fingerprint density at radius 3 is 2.35 bits per heavy atom. The summed E-state index contributed by atoms with van der Waals surface area (Å²) in [6.07, 6.45) is -0.569. The molecule has 0 bridgehead atoms. The molecule has 0 radical (unpaired) electrons. The summed E-state index contributed by atoms with van der Waals surface area (Å²) < 4.78 is 53.8. The van der Waals surface area contributed by atoms with E-state index in [1.54, 1.807) is 0 Å². The smallest absolute Gasteiger partial charge is 0.314 e. The minimum absolute atomic E-state index is 0.216. The summed E-state index contributed by atoms with van der Waals surface area (Å²) >= 11 is 0. The lowest BCUT2D eigenvalue weighted by Crippen LogP contribution is -2.47. The second-order valence-corrected chi connectivity index (χ2v) is 6.48. The van der Waals surface area contributed by atoms with E-state index in [9.17, 15) is 17.6 Å². The summed E-state index contributed by atoms with van der Waals surface area (Å²) in [6.45, 7) is 3.08. The van der Waals surface area contributed by atoms with Crippen molar-refractivity contribution in [1.29, 1.82) is 0 Å². The van der Waals surface area contributed by atoms with Crippen molar-refractivity contribution >= 4 is 0 Å². The molecule has 2 fully saturated rings. The van der Waals surface area contributed by atoms with Crippen LogP contribution in [0.3, 0.4) is 0 Å². The molecule has 0 unspecified atom stereocenters. The molecule has 1 N–H and O–H groups in total. The first-order valence-electron chi connectivity index (χ1n) is 8.29. The van der Waals surface area contributed by atoms with Crippen molar-refractivity contribution in [2.24, 2.45) is 5.92 Å². The zero-order chi connectivity index (χ0) is 16.4. The fraction of sp³-hybridized carbons (Fsp3) is 0.647.